The highest BCUT2D eigenvalue weighted by Gasteiger charge is 2.12. The van der Waals surface area contributed by atoms with Gasteiger partial charge in [0.1, 0.15) is 6.04 Å². The largest absolute Gasteiger partial charge is 0.480 e. The number of nitrogens with two attached hydrogens (primary N) is 1. The van der Waals surface area contributed by atoms with Crippen LogP contribution in [-0.2, 0) is 4.79 Å². The fourth-order valence-corrected chi connectivity index (χ4v) is 0.838. The molecule has 6 nitrogen and oxygen atoms in total. The molecule has 0 aromatic heterocycles. The molecule has 0 saturated heterocycles. The maximum absolute atomic E-state index is 10.5. The zero-order valence-electron chi connectivity index (χ0n) is 7.54. The fraction of sp³-hybridized carbons (Fsp3) is 0.714. The van der Waals surface area contributed by atoms with Crippen LogP contribution in [-0.4, -0.2) is 36.2 Å². The number of rotatable bonds is 6. The third-order valence-corrected chi connectivity index (χ3v) is 1.52. The Bertz CT molecular complexity index is 184. The Hall–Kier alpha value is -1.30. The number of amides is 2. The molecular formula is C7H15N3O3. The summed E-state index contributed by atoms with van der Waals surface area (Å²) in [4.78, 5) is 20.7. The van der Waals surface area contributed by atoms with Gasteiger partial charge in [-0.15, -0.1) is 0 Å². The van der Waals surface area contributed by atoms with Crippen LogP contribution in [0.1, 0.15) is 13.3 Å². The van der Waals surface area contributed by atoms with Gasteiger partial charge in [0.15, 0.2) is 0 Å². The molecule has 0 aliphatic rings. The van der Waals surface area contributed by atoms with Crippen LogP contribution in [0.25, 0.3) is 0 Å². The molecule has 6 heteroatoms. The van der Waals surface area contributed by atoms with Crippen LogP contribution in [0.15, 0.2) is 0 Å². The van der Waals surface area contributed by atoms with E-state index in [0.29, 0.717) is 19.5 Å². The zero-order chi connectivity index (χ0) is 10.3. The van der Waals surface area contributed by atoms with Crippen molar-refractivity contribution in [1.82, 2.24) is 10.6 Å². The van der Waals surface area contributed by atoms with Gasteiger partial charge in [-0.1, -0.05) is 6.92 Å². The molecule has 0 heterocycles. The number of hydrogen-bond acceptors (Lipinski definition) is 3. The van der Waals surface area contributed by atoms with E-state index in [-0.39, 0.29) is 0 Å². The van der Waals surface area contributed by atoms with Crippen molar-refractivity contribution in [2.45, 2.75) is 19.4 Å². The summed E-state index contributed by atoms with van der Waals surface area (Å²) < 4.78 is 0. The van der Waals surface area contributed by atoms with Crippen molar-refractivity contribution in [3.63, 3.8) is 0 Å². The average molecular weight is 189 g/mol. The minimum atomic E-state index is -0.887. The fourth-order valence-electron chi connectivity index (χ4n) is 0.838. The number of carboxylic acids is 1. The molecule has 0 aromatic rings. The lowest BCUT2D eigenvalue weighted by molar-refractivity contribution is -0.139. The summed E-state index contributed by atoms with van der Waals surface area (Å²) in [5.41, 5.74) is 4.81. The Kier molecular flexibility index (Phi) is 5.62. The minimum absolute atomic E-state index is 0.332. The summed E-state index contributed by atoms with van der Waals surface area (Å²) in [6.45, 7) is 2.50. The van der Waals surface area contributed by atoms with E-state index in [0.717, 1.165) is 0 Å². The monoisotopic (exact) mass is 189 g/mol. The molecule has 0 bridgehead atoms. The Morgan fingerprint density at radius 2 is 2.08 bits per heavy atom. The molecule has 76 valence electrons. The number of carboxylic acid groups (broad SMARTS) is 1. The van der Waals surface area contributed by atoms with Crippen LogP contribution in [0.3, 0.4) is 0 Å². The van der Waals surface area contributed by atoms with Crippen molar-refractivity contribution in [1.29, 1.82) is 0 Å². The molecule has 5 N–H and O–H groups in total. The van der Waals surface area contributed by atoms with Crippen LogP contribution in [0.2, 0.25) is 0 Å². The molecule has 1 unspecified atom stereocenters. The first kappa shape index (κ1) is 11.7. The number of aliphatic carboxylic acids is 1. The van der Waals surface area contributed by atoms with Crippen molar-refractivity contribution in [2.75, 3.05) is 13.1 Å². The molecule has 0 saturated carbocycles. The van der Waals surface area contributed by atoms with E-state index in [9.17, 15) is 9.59 Å². The highest BCUT2D eigenvalue weighted by atomic mass is 16.4. The molecule has 0 rings (SSSR count). The van der Waals surface area contributed by atoms with Crippen molar-refractivity contribution in [2.24, 2.45) is 5.73 Å². The highest BCUT2D eigenvalue weighted by Crippen LogP contribution is 1.88. The van der Waals surface area contributed by atoms with E-state index < -0.39 is 18.0 Å². The zero-order valence-corrected chi connectivity index (χ0v) is 7.54. The van der Waals surface area contributed by atoms with Crippen LogP contribution in [0.5, 0.6) is 0 Å². The first-order valence-corrected chi connectivity index (χ1v) is 4.07. The topological polar surface area (TPSA) is 104 Å². The van der Waals surface area contributed by atoms with Crippen LogP contribution in [0.4, 0.5) is 4.79 Å². The van der Waals surface area contributed by atoms with Crippen LogP contribution < -0.4 is 16.4 Å². The van der Waals surface area contributed by atoms with Gasteiger partial charge in [-0.3, -0.25) is 4.79 Å². The Balaban J connectivity index is 3.50. The molecule has 0 aliphatic carbocycles. The third kappa shape index (κ3) is 5.92. The van der Waals surface area contributed by atoms with E-state index in [1.807, 2.05) is 0 Å². The molecule has 0 fully saturated rings. The van der Waals surface area contributed by atoms with Gasteiger partial charge in [0.05, 0.1) is 0 Å². The molecule has 0 aromatic carbocycles. The third-order valence-electron chi connectivity index (χ3n) is 1.52. The first-order valence-electron chi connectivity index (χ1n) is 4.07. The number of nitrogens with one attached hydrogen (secondary N) is 2. The number of primary amides is 1. The Morgan fingerprint density at radius 1 is 1.46 bits per heavy atom. The predicted octanol–water partition coefficient (Wildman–Crippen LogP) is -0.892. The molecule has 0 radical (unpaired) electrons. The standard InChI is InChI=1S/C7H15N3O3/c1-2-5(6(11)12)9-3-4-10-7(8)13/h5,9H,2-4H2,1H3,(H,11,12)(H3,8,10,13). The second-order valence-corrected chi connectivity index (χ2v) is 2.54. The second kappa shape index (κ2) is 6.24. The number of carbonyl (C=O) groups excluding carboxylic acids is 1. The van der Waals surface area contributed by atoms with Gasteiger partial charge in [0.2, 0.25) is 0 Å². The smallest absolute Gasteiger partial charge is 0.320 e. The van der Waals surface area contributed by atoms with Gasteiger partial charge in [-0.2, -0.15) is 0 Å². The quantitative estimate of drug-likeness (QED) is 0.407. The SMILES string of the molecule is CCC(NCCNC(N)=O)C(=O)O. The van der Waals surface area contributed by atoms with E-state index in [1.54, 1.807) is 6.92 Å². The Labute approximate surface area is 76.5 Å². The minimum Gasteiger partial charge on any atom is -0.480 e. The van der Waals surface area contributed by atoms with Gasteiger partial charge < -0.3 is 21.5 Å². The average Bonchev–Trinajstić information content (AvgIpc) is 2.03. The maximum Gasteiger partial charge on any atom is 0.320 e. The van der Waals surface area contributed by atoms with Gasteiger partial charge >= 0.3 is 12.0 Å². The molecule has 2 amide bonds. The molecule has 1 atom stereocenters. The van der Waals surface area contributed by atoms with Crippen LogP contribution in [0, 0.1) is 0 Å². The lowest BCUT2D eigenvalue weighted by Gasteiger charge is -2.11. The van der Waals surface area contributed by atoms with E-state index in [2.05, 4.69) is 10.6 Å². The van der Waals surface area contributed by atoms with Crippen molar-refractivity contribution in [3.8, 4) is 0 Å². The van der Waals surface area contributed by atoms with Gasteiger partial charge in [0.25, 0.3) is 0 Å². The highest BCUT2D eigenvalue weighted by molar-refractivity contribution is 5.73. The Morgan fingerprint density at radius 3 is 2.46 bits per heavy atom. The van der Waals surface area contributed by atoms with Crippen LogP contribution >= 0.6 is 0 Å². The van der Waals surface area contributed by atoms with E-state index in [1.165, 1.54) is 0 Å². The number of urea groups is 1. The number of hydrogen-bond donors (Lipinski definition) is 4. The number of carbonyl (C=O) groups is 2. The summed E-state index contributed by atoms with van der Waals surface area (Å²) in [7, 11) is 0. The summed E-state index contributed by atoms with van der Waals surface area (Å²) in [6.07, 6.45) is 0.506. The predicted molar refractivity (Wildman–Crippen MR) is 47.3 cm³/mol. The van der Waals surface area contributed by atoms with E-state index >= 15 is 0 Å². The second-order valence-electron chi connectivity index (χ2n) is 2.54. The molecule has 0 aliphatic heterocycles. The lowest BCUT2D eigenvalue weighted by atomic mass is 10.2. The lowest BCUT2D eigenvalue weighted by Crippen LogP contribution is -2.42. The van der Waals surface area contributed by atoms with Crippen molar-refractivity contribution < 1.29 is 14.7 Å². The van der Waals surface area contributed by atoms with Crippen molar-refractivity contribution in [3.05, 3.63) is 0 Å². The molecular weight excluding hydrogens is 174 g/mol. The van der Waals surface area contributed by atoms with Gasteiger partial charge in [-0.05, 0) is 6.42 Å². The molecule has 0 spiro atoms. The summed E-state index contributed by atoms with van der Waals surface area (Å²) in [5.74, 6) is -0.887. The first-order chi connectivity index (χ1) is 6.07. The van der Waals surface area contributed by atoms with E-state index in [4.69, 9.17) is 10.8 Å². The van der Waals surface area contributed by atoms with Gasteiger partial charge in [0, 0.05) is 13.1 Å². The van der Waals surface area contributed by atoms with Crippen molar-refractivity contribution >= 4 is 12.0 Å². The molecule has 13 heavy (non-hydrogen) atoms. The normalized spacial score (nSPS) is 12.1. The van der Waals surface area contributed by atoms with Gasteiger partial charge in [-0.25, -0.2) is 4.79 Å². The summed E-state index contributed by atoms with van der Waals surface area (Å²) >= 11 is 0. The maximum atomic E-state index is 10.5. The summed E-state index contributed by atoms with van der Waals surface area (Å²) in [5, 5.41) is 13.7. The summed E-state index contributed by atoms with van der Waals surface area (Å²) in [6, 6.07) is -1.17.